The maximum atomic E-state index is 13.6. The highest BCUT2D eigenvalue weighted by atomic mass is 16.5. The first-order valence-corrected chi connectivity index (χ1v) is 12.0. The van der Waals surface area contributed by atoms with E-state index in [0.29, 0.717) is 25.4 Å². The molecule has 0 saturated carbocycles. The standard InChI is InChI=1S/C29H33NO3/c1-5-20-9-13-22(14-10-20)29-25-19-27(33-8-4)26(32-7-3)17-23(25)18-28(31)30(29)24-15-11-21(6-2)12-16-24/h9-17,19,29H,5-8,18H2,1-4H3. The van der Waals surface area contributed by atoms with Gasteiger partial charge in [-0.1, -0.05) is 50.2 Å². The number of hydrogen-bond acceptors (Lipinski definition) is 3. The third-order valence-corrected chi connectivity index (χ3v) is 6.29. The molecule has 4 rings (SSSR count). The number of fused-ring (bicyclic) bond motifs is 1. The molecule has 1 unspecified atom stereocenters. The number of carbonyl (C=O) groups is 1. The van der Waals surface area contributed by atoms with Crippen LogP contribution in [0.4, 0.5) is 5.69 Å². The van der Waals surface area contributed by atoms with Gasteiger partial charge in [-0.3, -0.25) is 4.79 Å². The summed E-state index contributed by atoms with van der Waals surface area (Å²) in [4.78, 5) is 15.5. The van der Waals surface area contributed by atoms with Crippen LogP contribution in [0.25, 0.3) is 0 Å². The zero-order chi connectivity index (χ0) is 23.4. The summed E-state index contributed by atoms with van der Waals surface area (Å²) in [6.07, 6.45) is 2.28. The van der Waals surface area contributed by atoms with E-state index in [9.17, 15) is 4.79 Å². The van der Waals surface area contributed by atoms with E-state index in [1.165, 1.54) is 11.1 Å². The van der Waals surface area contributed by atoms with Crippen LogP contribution in [-0.4, -0.2) is 19.1 Å². The lowest BCUT2D eigenvalue weighted by Gasteiger charge is -2.38. The summed E-state index contributed by atoms with van der Waals surface area (Å²) in [6.45, 7) is 9.32. The van der Waals surface area contributed by atoms with Gasteiger partial charge in [0, 0.05) is 5.69 Å². The first kappa shape index (κ1) is 22.9. The molecule has 172 valence electrons. The van der Waals surface area contributed by atoms with Gasteiger partial charge in [-0.2, -0.15) is 0 Å². The Morgan fingerprint density at radius 2 is 1.33 bits per heavy atom. The number of ether oxygens (including phenoxy) is 2. The zero-order valence-corrected chi connectivity index (χ0v) is 20.1. The highest BCUT2D eigenvalue weighted by Gasteiger charge is 2.36. The van der Waals surface area contributed by atoms with E-state index < -0.39 is 0 Å². The highest BCUT2D eigenvalue weighted by molar-refractivity contribution is 5.98. The van der Waals surface area contributed by atoms with E-state index in [2.05, 4.69) is 68.4 Å². The Hall–Kier alpha value is -3.27. The molecule has 1 heterocycles. The van der Waals surface area contributed by atoms with Crippen molar-refractivity contribution in [2.75, 3.05) is 18.1 Å². The predicted molar refractivity (Wildman–Crippen MR) is 133 cm³/mol. The number of carbonyl (C=O) groups excluding carboxylic acids is 1. The van der Waals surface area contributed by atoms with Gasteiger partial charge in [0.2, 0.25) is 5.91 Å². The molecule has 33 heavy (non-hydrogen) atoms. The van der Waals surface area contributed by atoms with Crippen molar-refractivity contribution in [3.8, 4) is 11.5 Å². The van der Waals surface area contributed by atoms with Crippen molar-refractivity contribution in [2.45, 2.75) is 53.0 Å². The molecule has 0 spiro atoms. The molecule has 0 N–H and O–H groups in total. The molecular weight excluding hydrogens is 410 g/mol. The van der Waals surface area contributed by atoms with Crippen LogP contribution in [0.5, 0.6) is 11.5 Å². The van der Waals surface area contributed by atoms with Crippen LogP contribution >= 0.6 is 0 Å². The van der Waals surface area contributed by atoms with Crippen LogP contribution < -0.4 is 14.4 Å². The number of benzene rings is 3. The molecule has 3 aromatic carbocycles. The van der Waals surface area contributed by atoms with Gasteiger partial charge >= 0.3 is 0 Å². The summed E-state index contributed by atoms with van der Waals surface area (Å²) in [5.41, 5.74) is 6.63. The third kappa shape index (κ3) is 4.61. The summed E-state index contributed by atoms with van der Waals surface area (Å²) in [6, 6.07) is 20.8. The first-order chi connectivity index (χ1) is 16.1. The summed E-state index contributed by atoms with van der Waals surface area (Å²) in [5, 5.41) is 0. The summed E-state index contributed by atoms with van der Waals surface area (Å²) in [7, 11) is 0. The Morgan fingerprint density at radius 1 is 0.788 bits per heavy atom. The van der Waals surface area contributed by atoms with Crippen molar-refractivity contribution < 1.29 is 14.3 Å². The Bertz CT molecular complexity index is 1100. The van der Waals surface area contributed by atoms with E-state index >= 15 is 0 Å². The third-order valence-electron chi connectivity index (χ3n) is 6.29. The zero-order valence-electron chi connectivity index (χ0n) is 20.1. The predicted octanol–water partition coefficient (Wildman–Crippen LogP) is 6.29. The molecule has 0 bridgehead atoms. The van der Waals surface area contributed by atoms with Gasteiger partial charge in [-0.25, -0.2) is 0 Å². The minimum atomic E-state index is -0.227. The minimum Gasteiger partial charge on any atom is -0.490 e. The molecule has 1 atom stereocenters. The average Bonchev–Trinajstić information content (AvgIpc) is 2.84. The van der Waals surface area contributed by atoms with E-state index in [0.717, 1.165) is 41.0 Å². The van der Waals surface area contributed by atoms with Gasteiger partial charge in [0.05, 0.1) is 25.7 Å². The molecule has 0 aliphatic carbocycles. The molecule has 0 aromatic heterocycles. The number of hydrogen-bond donors (Lipinski definition) is 0. The van der Waals surface area contributed by atoms with Crippen molar-refractivity contribution in [3.05, 3.63) is 88.5 Å². The van der Waals surface area contributed by atoms with E-state index in [-0.39, 0.29) is 11.9 Å². The van der Waals surface area contributed by atoms with Crippen molar-refractivity contribution >= 4 is 11.6 Å². The topological polar surface area (TPSA) is 38.8 Å². The quantitative estimate of drug-likeness (QED) is 0.411. The van der Waals surface area contributed by atoms with Crippen LogP contribution in [0.15, 0.2) is 60.7 Å². The second-order valence-electron chi connectivity index (χ2n) is 8.32. The van der Waals surface area contributed by atoms with Gasteiger partial charge < -0.3 is 14.4 Å². The van der Waals surface area contributed by atoms with Gasteiger partial charge in [-0.15, -0.1) is 0 Å². The second kappa shape index (κ2) is 10.1. The summed E-state index contributed by atoms with van der Waals surface area (Å²) < 4.78 is 11.8. The maximum Gasteiger partial charge on any atom is 0.232 e. The number of anilines is 1. The van der Waals surface area contributed by atoms with E-state index in [4.69, 9.17) is 9.47 Å². The molecule has 0 radical (unpaired) electrons. The van der Waals surface area contributed by atoms with Gasteiger partial charge in [0.1, 0.15) is 0 Å². The lowest BCUT2D eigenvalue weighted by atomic mass is 9.86. The average molecular weight is 444 g/mol. The fraction of sp³-hybridized carbons (Fsp3) is 0.345. The monoisotopic (exact) mass is 443 g/mol. The Kier molecular flexibility index (Phi) is 7.02. The Labute approximate surface area is 197 Å². The Balaban J connectivity index is 1.89. The number of nitrogens with zero attached hydrogens (tertiary/aromatic N) is 1. The normalized spacial score (nSPS) is 15.3. The highest BCUT2D eigenvalue weighted by Crippen LogP contribution is 2.43. The lowest BCUT2D eigenvalue weighted by molar-refractivity contribution is -0.118. The van der Waals surface area contributed by atoms with Crippen molar-refractivity contribution in [2.24, 2.45) is 0 Å². The molecule has 1 amide bonds. The van der Waals surface area contributed by atoms with Crippen molar-refractivity contribution in [3.63, 3.8) is 0 Å². The SMILES string of the molecule is CCOc1cc2c(cc1OCC)C(c1ccc(CC)cc1)N(c1ccc(CC)cc1)C(=O)C2. The van der Waals surface area contributed by atoms with Crippen LogP contribution in [-0.2, 0) is 24.1 Å². The van der Waals surface area contributed by atoms with Crippen molar-refractivity contribution in [1.29, 1.82) is 0 Å². The number of rotatable bonds is 8. The van der Waals surface area contributed by atoms with Crippen molar-refractivity contribution in [1.82, 2.24) is 0 Å². The summed E-state index contributed by atoms with van der Waals surface area (Å²) >= 11 is 0. The maximum absolute atomic E-state index is 13.6. The van der Waals surface area contributed by atoms with Gasteiger partial charge in [0.15, 0.2) is 11.5 Å². The fourth-order valence-corrected chi connectivity index (χ4v) is 4.54. The van der Waals surface area contributed by atoms with E-state index in [1.807, 2.05) is 24.8 Å². The molecular formula is C29H33NO3. The van der Waals surface area contributed by atoms with Gasteiger partial charge in [0.25, 0.3) is 0 Å². The fourth-order valence-electron chi connectivity index (χ4n) is 4.54. The van der Waals surface area contributed by atoms with E-state index in [1.54, 1.807) is 0 Å². The summed E-state index contributed by atoms with van der Waals surface area (Å²) in [5.74, 6) is 1.51. The molecule has 0 fully saturated rings. The smallest absolute Gasteiger partial charge is 0.232 e. The van der Waals surface area contributed by atoms with Crippen LogP contribution in [0.3, 0.4) is 0 Å². The number of aryl methyl sites for hydroxylation is 2. The van der Waals surface area contributed by atoms with Crippen LogP contribution in [0, 0.1) is 0 Å². The molecule has 1 aliphatic rings. The molecule has 4 heteroatoms. The lowest BCUT2D eigenvalue weighted by Crippen LogP contribution is -2.41. The number of amides is 1. The first-order valence-electron chi connectivity index (χ1n) is 12.0. The largest absolute Gasteiger partial charge is 0.490 e. The Morgan fingerprint density at radius 3 is 1.88 bits per heavy atom. The second-order valence-corrected chi connectivity index (χ2v) is 8.32. The molecule has 4 nitrogen and oxygen atoms in total. The molecule has 3 aromatic rings. The molecule has 0 saturated heterocycles. The van der Waals surface area contributed by atoms with Crippen LogP contribution in [0.2, 0.25) is 0 Å². The van der Waals surface area contributed by atoms with Crippen LogP contribution in [0.1, 0.15) is 61.6 Å². The minimum absolute atomic E-state index is 0.0860. The molecule has 1 aliphatic heterocycles. The van der Waals surface area contributed by atoms with Gasteiger partial charge in [-0.05, 0) is 78.8 Å².